The highest BCUT2D eigenvalue weighted by Crippen LogP contribution is 2.52. The fourth-order valence-corrected chi connectivity index (χ4v) is 4.98. The molecule has 1 aromatic carbocycles. The molecule has 110 valence electrons. The molecule has 3 heteroatoms. The van der Waals surface area contributed by atoms with Crippen molar-refractivity contribution >= 4 is 15.9 Å². The molecule has 4 unspecified atom stereocenters. The van der Waals surface area contributed by atoms with Crippen molar-refractivity contribution in [3.8, 4) is 11.5 Å². The number of halogens is 1. The molecule has 3 rings (SSSR count). The number of hydrogen-bond donors (Lipinski definition) is 0. The molecular weight excluding hydrogens is 316 g/mol. The van der Waals surface area contributed by atoms with E-state index in [0.717, 1.165) is 29.3 Å². The van der Waals surface area contributed by atoms with Crippen LogP contribution >= 0.6 is 15.9 Å². The number of ether oxygens (including phenoxy) is 2. The second kappa shape index (κ2) is 5.97. The molecule has 0 spiro atoms. The summed E-state index contributed by atoms with van der Waals surface area (Å²) in [5.74, 6) is 4.72. The van der Waals surface area contributed by atoms with Crippen molar-refractivity contribution in [1.82, 2.24) is 0 Å². The molecule has 2 aliphatic rings. The third-order valence-corrected chi connectivity index (χ3v) is 6.04. The summed E-state index contributed by atoms with van der Waals surface area (Å²) in [7, 11) is 3.45. The lowest BCUT2D eigenvalue weighted by atomic mass is 9.84. The number of methoxy groups -OCH3 is 2. The van der Waals surface area contributed by atoms with Gasteiger partial charge in [0.05, 0.1) is 14.2 Å². The standard InChI is InChI=1S/C17H23BrO2/c1-19-14-5-6-17(20-2)15(10-14)16(18)9-13-8-11-3-4-12(13)7-11/h5-6,10-13,16H,3-4,7-9H2,1-2H3. The van der Waals surface area contributed by atoms with E-state index in [1.165, 1.54) is 37.7 Å². The van der Waals surface area contributed by atoms with Gasteiger partial charge in [-0.1, -0.05) is 22.4 Å². The molecule has 0 heterocycles. The molecule has 0 aliphatic heterocycles. The van der Waals surface area contributed by atoms with Crippen LogP contribution in [0.5, 0.6) is 11.5 Å². The van der Waals surface area contributed by atoms with Crippen LogP contribution in [0.15, 0.2) is 18.2 Å². The predicted octanol–water partition coefficient (Wildman–Crippen LogP) is 4.97. The molecule has 2 bridgehead atoms. The quantitative estimate of drug-likeness (QED) is 0.706. The minimum absolute atomic E-state index is 0.358. The van der Waals surface area contributed by atoms with Crippen molar-refractivity contribution in [3.05, 3.63) is 23.8 Å². The van der Waals surface area contributed by atoms with Gasteiger partial charge < -0.3 is 9.47 Å². The first kappa shape index (κ1) is 14.2. The number of hydrogen-bond acceptors (Lipinski definition) is 2. The van der Waals surface area contributed by atoms with Gasteiger partial charge in [-0.05, 0) is 61.6 Å². The Bertz CT molecular complexity index is 474. The Labute approximate surface area is 130 Å². The Balaban J connectivity index is 1.74. The van der Waals surface area contributed by atoms with Crippen LogP contribution in [0.1, 0.15) is 42.5 Å². The van der Waals surface area contributed by atoms with Gasteiger partial charge in [0, 0.05) is 10.4 Å². The average Bonchev–Trinajstić information content (AvgIpc) is 3.09. The van der Waals surface area contributed by atoms with Gasteiger partial charge in [0.15, 0.2) is 0 Å². The average molecular weight is 339 g/mol. The molecule has 0 radical (unpaired) electrons. The minimum Gasteiger partial charge on any atom is -0.497 e. The van der Waals surface area contributed by atoms with Crippen molar-refractivity contribution < 1.29 is 9.47 Å². The summed E-state index contributed by atoms with van der Waals surface area (Å²) in [4.78, 5) is 0.358. The fourth-order valence-electron chi connectivity index (χ4n) is 4.14. The summed E-state index contributed by atoms with van der Waals surface area (Å²) in [5, 5.41) is 0. The zero-order valence-corrected chi connectivity index (χ0v) is 13.9. The van der Waals surface area contributed by atoms with Gasteiger partial charge in [0.1, 0.15) is 11.5 Å². The van der Waals surface area contributed by atoms with E-state index in [1.54, 1.807) is 14.2 Å². The monoisotopic (exact) mass is 338 g/mol. The van der Waals surface area contributed by atoms with Gasteiger partial charge in [-0.2, -0.15) is 0 Å². The van der Waals surface area contributed by atoms with Gasteiger partial charge in [-0.15, -0.1) is 0 Å². The van der Waals surface area contributed by atoms with E-state index in [-0.39, 0.29) is 0 Å². The van der Waals surface area contributed by atoms with Crippen LogP contribution < -0.4 is 9.47 Å². The topological polar surface area (TPSA) is 18.5 Å². The molecule has 0 aromatic heterocycles. The van der Waals surface area contributed by atoms with Crippen molar-refractivity contribution in [3.63, 3.8) is 0 Å². The predicted molar refractivity (Wildman–Crippen MR) is 84.8 cm³/mol. The highest BCUT2D eigenvalue weighted by Gasteiger charge is 2.40. The van der Waals surface area contributed by atoms with E-state index in [1.807, 2.05) is 12.1 Å². The molecular formula is C17H23BrO2. The van der Waals surface area contributed by atoms with Crippen LogP contribution in [0.25, 0.3) is 0 Å². The molecule has 0 amide bonds. The van der Waals surface area contributed by atoms with Crippen molar-refractivity contribution in [2.75, 3.05) is 14.2 Å². The zero-order chi connectivity index (χ0) is 14.1. The maximum absolute atomic E-state index is 5.51. The lowest BCUT2D eigenvalue weighted by Crippen LogP contribution is -2.12. The van der Waals surface area contributed by atoms with Crippen LogP contribution in [0.4, 0.5) is 0 Å². The van der Waals surface area contributed by atoms with Gasteiger partial charge in [0.25, 0.3) is 0 Å². The molecule has 4 atom stereocenters. The maximum atomic E-state index is 5.51. The van der Waals surface area contributed by atoms with Crippen LogP contribution in [0, 0.1) is 17.8 Å². The second-order valence-corrected chi connectivity index (χ2v) is 7.35. The summed E-state index contributed by atoms with van der Waals surface area (Å²) in [5.41, 5.74) is 1.22. The first-order chi connectivity index (χ1) is 9.71. The SMILES string of the molecule is COc1ccc(OC)c(C(Br)CC2CC3CCC2C3)c1. The third kappa shape index (κ3) is 2.69. The number of alkyl halides is 1. The van der Waals surface area contributed by atoms with E-state index in [9.17, 15) is 0 Å². The summed E-state index contributed by atoms with van der Waals surface area (Å²) in [6, 6.07) is 6.06. The highest BCUT2D eigenvalue weighted by atomic mass is 79.9. The summed E-state index contributed by atoms with van der Waals surface area (Å²) in [6.45, 7) is 0. The van der Waals surface area contributed by atoms with Gasteiger partial charge >= 0.3 is 0 Å². The van der Waals surface area contributed by atoms with Gasteiger partial charge in [0.2, 0.25) is 0 Å². The number of benzene rings is 1. The summed E-state index contributed by atoms with van der Waals surface area (Å²) in [6.07, 6.45) is 7.03. The van der Waals surface area contributed by atoms with E-state index in [4.69, 9.17) is 9.47 Å². The number of rotatable bonds is 5. The third-order valence-electron chi connectivity index (χ3n) is 5.17. The first-order valence-corrected chi connectivity index (χ1v) is 8.48. The Kier molecular flexibility index (Phi) is 4.25. The fraction of sp³-hybridized carbons (Fsp3) is 0.647. The molecule has 20 heavy (non-hydrogen) atoms. The van der Waals surface area contributed by atoms with Crippen LogP contribution in [-0.4, -0.2) is 14.2 Å². The van der Waals surface area contributed by atoms with Gasteiger partial charge in [-0.3, -0.25) is 0 Å². The Morgan fingerprint density at radius 3 is 2.65 bits per heavy atom. The van der Waals surface area contributed by atoms with Crippen molar-refractivity contribution in [2.24, 2.45) is 17.8 Å². The first-order valence-electron chi connectivity index (χ1n) is 7.57. The largest absolute Gasteiger partial charge is 0.497 e. The second-order valence-electron chi connectivity index (χ2n) is 6.25. The summed E-state index contributed by atoms with van der Waals surface area (Å²) < 4.78 is 10.9. The molecule has 2 saturated carbocycles. The Morgan fingerprint density at radius 1 is 1.20 bits per heavy atom. The lowest BCUT2D eigenvalue weighted by molar-refractivity contribution is 0.312. The van der Waals surface area contributed by atoms with Crippen LogP contribution in [0.2, 0.25) is 0 Å². The summed E-state index contributed by atoms with van der Waals surface area (Å²) >= 11 is 3.89. The van der Waals surface area contributed by atoms with Crippen LogP contribution in [0.3, 0.4) is 0 Å². The lowest BCUT2D eigenvalue weighted by Gasteiger charge is -2.25. The molecule has 2 aliphatic carbocycles. The van der Waals surface area contributed by atoms with Crippen LogP contribution in [-0.2, 0) is 0 Å². The zero-order valence-electron chi connectivity index (χ0n) is 12.3. The molecule has 2 fully saturated rings. The van der Waals surface area contributed by atoms with E-state index in [0.29, 0.717) is 4.83 Å². The van der Waals surface area contributed by atoms with Crippen molar-refractivity contribution in [1.29, 1.82) is 0 Å². The maximum Gasteiger partial charge on any atom is 0.123 e. The normalized spacial score (nSPS) is 29.4. The van der Waals surface area contributed by atoms with E-state index >= 15 is 0 Å². The molecule has 0 N–H and O–H groups in total. The van der Waals surface area contributed by atoms with Gasteiger partial charge in [-0.25, -0.2) is 0 Å². The smallest absolute Gasteiger partial charge is 0.123 e. The molecule has 2 nitrogen and oxygen atoms in total. The number of fused-ring (bicyclic) bond motifs is 2. The molecule has 0 saturated heterocycles. The highest BCUT2D eigenvalue weighted by molar-refractivity contribution is 9.09. The van der Waals surface area contributed by atoms with E-state index in [2.05, 4.69) is 22.0 Å². The van der Waals surface area contributed by atoms with Crippen molar-refractivity contribution in [2.45, 2.75) is 36.9 Å². The molecule has 1 aromatic rings. The Morgan fingerprint density at radius 2 is 2.05 bits per heavy atom. The minimum atomic E-state index is 0.358. The Hall–Kier alpha value is -0.700. The van der Waals surface area contributed by atoms with E-state index < -0.39 is 0 Å².